The molecule has 0 amide bonds. The highest BCUT2D eigenvalue weighted by Gasteiger charge is 2.13. The molecule has 0 aliphatic rings. The van der Waals surface area contributed by atoms with Gasteiger partial charge in [-0.15, -0.1) is 0 Å². The molecule has 0 spiro atoms. The summed E-state index contributed by atoms with van der Waals surface area (Å²) in [6.45, 7) is 0. The molecule has 3 nitrogen and oxygen atoms in total. The molecule has 6 heteroatoms. The molecule has 0 bridgehead atoms. The summed E-state index contributed by atoms with van der Waals surface area (Å²) in [5.41, 5.74) is 5.84. The van der Waals surface area contributed by atoms with Crippen LogP contribution in [-0.2, 0) is 0 Å². The van der Waals surface area contributed by atoms with Gasteiger partial charge in [-0.25, -0.2) is 14.4 Å². The third kappa shape index (κ3) is 1.94. The zero-order chi connectivity index (χ0) is 11.7. The molecule has 0 saturated heterocycles. The summed E-state index contributed by atoms with van der Waals surface area (Å²) < 4.78 is 13.6. The smallest absolute Gasteiger partial charge is 0.191 e. The van der Waals surface area contributed by atoms with Crippen LogP contribution in [0.25, 0.3) is 11.3 Å². The lowest BCUT2D eigenvalue weighted by Crippen LogP contribution is -1.99. The lowest BCUT2D eigenvalue weighted by atomic mass is 10.1. The second kappa shape index (κ2) is 4.23. The average Bonchev–Trinajstić information content (AvgIpc) is 2.23. The van der Waals surface area contributed by atoms with Crippen molar-refractivity contribution in [3.05, 3.63) is 40.4 Å². The molecule has 0 saturated carbocycles. The fourth-order valence-corrected chi connectivity index (χ4v) is 1.75. The van der Waals surface area contributed by atoms with E-state index in [1.54, 1.807) is 12.1 Å². The van der Waals surface area contributed by atoms with Crippen LogP contribution in [0.5, 0.6) is 0 Å². The van der Waals surface area contributed by atoms with Crippen LogP contribution in [0.1, 0.15) is 0 Å². The molecule has 2 N–H and O–H groups in total. The molecular formula is C10H6Cl2FN3. The van der Waals surface area contributed by atoms with Crippen molar-refractivity contribution < 1.29 is 4.39 Å². The molecule has 1 aromatic heterocycles. The summed E-state index contributed by atoms with van der Waals surface area (Å²) in [5, 5.41) is 0.778. The average molecular weight is 258 g/mol. The Morgan fingerprint density at radius 3 is 2.62 bits per heavy atom. The topological polar surface area (TPSA) is 51.8 Å². The van der Waals surface area contributed by atoms with Crippen molar-refractivity contribution in [2.24, 2.45) is 0 Å². The standard InChI is InChI=1S/C10H6Cl2FN3/c11-5-1-2-6(7(12)3-5)9-8(13)10(14)16-4-15-9/h1-4H,(H2,14,15,16). The van der Waals surface area contributed by atoms with Gasteiger partial charge in [0.15, 0.2) is 11.6 Å². The van der Waals surface area contributed by atoms with Gasteiger partial charge in [-0.2, -0.15) is 0 Å². The molecule has 0 aliphatic carbocycles. The Balaban J connectivity index is 2.63. The molecule has 0 aliphatic heterocycles. The van der Waals surface area contributed by atoms with Crippen LogP contribution in [0.4, 0.5) is 10.2 Å². The fourth-order valence-electron chi connectivity index (χ4n) is 1.25. The zero-order valence-corrected chi connectivity index (χ0v) is 9.43. The molecule has 0 atom stereocenters. The monoisotopic (exact) mass is 257 g/mol. The molecule has 1 heterocycles. The van der Waals surface area contributed by atoms with Crippen LogP contribution in [-0.4, -0.2) is 9.97 Å². The van der Waals surface area contributed by atoms with E-state index < -0.39 is 5.82 Å². The van der Waals surface area contributed by atoms with Crippen molar-refractivity contribution >= 4 is 29.0 Å². The molecule has 0 unspecified atom stereocenters. The first-order valence-electron chi connectivity index (χ1n) is 4.31. The van der Waals surface area contributed by atoms with E-state index in [1.807, 2.05) is 0 Å². The number of benzene rings is 1. The van der Waals surface area contributed by atoms with Crippen molar-refractivity contribution in [1.29, 1.82) is 0 Å². The number of hydrogen-bond acceptors (Lipinski definition) is 3. The minimum absolute atomic E-state index is 0.0640. The number of anilines is 1. The Hall–Kier alpha value is -1.39. The number of hydrogen-bond donors (Lipinski definition) is 1. The zero-order valence-electron chi connectivity index (χ0n) is 7.92. The third-order valence-corrected chi connectivity index (χ3v) is 2.55. The maximum atomic E-state index is 13.6. The van der Waals surface area contributed by atoms with Crippen molar-refractivity contribution in [2.45, 2.75) is 0 Å². The number of nitrogens with two attached hydrogens (primary N) is 1. The van der Waals surface area contributed by atoms with Gasteiger partial charge in [0.25, 0.3) is 0 Å². The van der Waals surface area contributed by atoms with Gasteiger partial charge in [0, 0.05) is 10.6 Å². The molecule has 2 rings (SSSR count). The van der Waals surface area contributed by atoms with Gasteiger partial charge >= 0.3 is 0 Å². The van der Waals surface area contributed by atoms with Gasteiger partial charge in [0.05, 0.1) is 5.02 Å². The van der Waals surface area contributed by atoms with E-state index in [0.29, 0.717) is 15.6 Å². The second-order valence-corrected chi connectivity index (χ2v) is 3.89. The maximum Gasteiger partial charge on any atom is 0.191 e. The van der Waals surface area contributed by atoms with Crippen LogP contribution in [0, 0.1) is 5.82 Å². The summed E-state index contributed by atoms with van der Waals surface area (Å²) in [4.78, 5) is 7.34. The predicted molar refractivity (Wildman–Crippen MR) is 61.9 cm³/mol. The molecule has 2 aromatic rings. The summed E-state index contributed by atoms with van der Waals surface area (Å²) >= 11 is 11.7. The molecule has 1 aromatic carbocycles. The summed E-state index contributed by atoms with van der Waals surface area (Å²) in [7, 11) is 0. The van der Waals surface area contributed by atoms with E-state index in [1.165, 1.54) is 12.4 Å². The summed E-state index contributed by atoms with van der Waals surface area (Å²) in [6.07, 6.45) is 1.18. The first kappa shape index (κ1) is 11.1. The van der Waals surface area contributed by atoms with Crippen LogP contribution in [0.2, 0.25) is 10.0 Å². The SMILES string of the molecule is Nc1ncnc(-c2ccc(Cl)cc2Cl)c1F. The highest BCUT2D eigenvalue weighted by atomic mass is 35.5. The Kier molecular flexibility index (Phi) is 2.94. The molecule has 0 radical (unpaired) electrons. The molecular weight excluding hydrogens is 252 g/mol. The number of aromatic nitrogens is 2. The van der Waals surface area contributed by atoms with Crippen LogP contribution < -0.4 is 5.73 Å². The van der Waals surface area contributed by atoms with Crippen LogP contribution >= 0.6 is 23.2 Å². The van der Waals surface area contributed by atoms with Crippen molar-refractivity contribution in [2.75, 3.05) is 5.73 Å². The summed E-state index contributed by atoms with van der Waals surface area (Å²) in [6, 6.07) is 4.69. The van der Waals surface area contributed by atoms with Gasteiger partial charge in [0.1, 0.15) is 12.0 Å². The Labute approximate surface area is 101 Å². The van der Waals surface area contributed by atoms with E-state index in [-0.39, 0.29) is 11.5 Å². The number of nitrogens with zero attached hydrogens (tertiary/aromatic N) is 2. The van der Waals surface area contributed by atoms with E-state index in [0.717, 1.165) is 0 Å². The van der Waals surface area contributed by atoms with Gasteiger partial charge in [-0.3, -0.25) is 0 Å². The number of halogens is 3. The normalized spacial score (nSPS) is 10.4. The highest BCUT2D eigenvalue weighted by Crippen LogP contribution is 2.31. The van der Waals surface area contributed by atoms with E-state index in [9.17, 15) is 4.39 Å². The Bertz CT molecular complexity index is 546. The molecule has 82 valence electrons. The Morgan fingerprint density at radius 2 is 1.94 bits per heavy atom. The maximum absolute atomic E-state index is 13.6. The summed E-state index contributed by atoms with van der Waals surface area (Å²) in [5.74, 6) is -0.900. The largest absolute Gasteiger partial charge is 0.381 e. The van der Waals surface area contributed by atoms with Crippen LogP contribution in [0.15, 0.2) is 24.5 Å². The van der Waals surface area contributed by atoms with Crippen molar-refractivity contribution in [1.82, 2.24) is 9.97 Å². The van der Waals surface area contributed by atoms with Gasteiger partial charge in [0.2, 0.25) is 0 Å². The minimum atomic E-state index is -0.688. The lowest BCUT2D eigenvalue weighted by Gasteiger charge is -2.05. The predicted octanol–water partition coefficient (Wildman–Crippen LogP) is 3.17. The minimum Gasteiger partial charge on any atom is -0.381 e. The molecule has 16 heavy (non-hydrogen) atoms. The molecule has 0 fully saturated rings. The van der Waals surface area contributed by atoms with Gasteiger partial charge in [-0.1, -0.05) is 23.2 Å². The van der Waals surface area contributed by atoms with Gasteiger partial charge < -0.3 is 5.73 Å². The van der Waals surface area contributed by atoms with Gasteiger partial charge in [-0.05, 0) is 18.2 Å². The van der Waals surface area contributed by atoms with Crippen molar-refractivity contribution in [3.8, 4) is 11.3 Å². The number of rotatable bonds is 1. The first-order valence-corrected chi connectivity index (χ1v) is 5.06. The van der Waals surface area contributed by atoms with Crippen LogP contribution in [0.3, 0.4) is 0 Å². The second-order valence-electron chi connectivity index (χ2n) is 3.05. The Morgan fingerprint density at radius 1 is 1.19 bits per heavy atom. The first-order chi connectivity index (χ1) is 7.59. The van der Waals surface area contributed by atoms with Crippen molar-refractivity contribution in [3.63, 3.8) is 0 Å². The highest BCUT2D eigenvalue weighted by molar-refractivity contribution is 6.36. The van der Waals surface area contributed by atoms with E-state index in [2.05, 4.69) is 9.97 Å². The quantitative estimate of drug-likeness (QED) is 0.854. The van der Waals surface area contributed by atoms with E-state index >= 15 is 0 Å². The fraction of sp³-hybridized carbons (Fsp3) is 0. The third-order valence-electron chi connectivity index (χ3n) is 2.00. The number of nitrogen functional groups attached to an aromatic ring is 1. The van der Waals surface area contributed by atoms with E-state index in [4.69, 9.17) is 28.9 Å². The lowest BCUT2D eigenvalue weighted by molar-refractivity contribution is 0.624.